The maximum absolute atomic E-state index is 10.8. The van der Waals surface area contributed by atoms with Crippen molar-refractivity contribution < 1.29 is 4.57 Å². The molecule has 0 aliphatic carbocycles. The molecule has 0 aromatic carbocycles. The highest BCUT2D eigenvalue weighted by Gasteiger charge is 2.03. The molecule has 0 radical (unpaired) electrons. The van der Waals surface area contributed by atoms with Gasteiger partial charge in [0, 0.05) is 0 Å². The lowest BCUT2D eigenvalue weighted by Crippen LogP contribution is -1.82. The highest BCUT2D eigenvalue weighted by atomic mass is 32.0. The molecule has 0 bridgehead atoms. The third kappa shape index (κ3) is 14.5. The van der Waals surface area contributed by atoms with Gasteiger partial charge in [-0.2, -0.15) is 0 Å². The van der Waals surface area contributed by atoms with E-state index < -0.39 is 7.49 Å². The van der Waals surface area contributed by atoms with Gasteiger partial charge >= 0.3 is 7.49 Å². The first-order valence-corrected chi connectivity index (χ1v) is 9.53. The maximum atomic E-state index is 10.8. The summed E-state index contributed by atoms with van der Waals surface area (Å²) in [5, 5.41) is 0. The van der Waals surface area contributed by atoms with Gasteiger partial charge in [0.2, 0.25) is 0 Å². The zero-order valence-corrected chi connectivity index (χ0v) is 12.3. The molecule has 90 valence electrons. The zero-order valence-electron chi connectivity index (χ0n) is 10.2. The van der Waals surface area contributed by atoms with Crippen LogP contribution in [-0.2, 0) is 4.57 Å². The van der Waals surface area contributed by atoms with Gasteiger partial charge in [-0.1, -0.05) is 62.9 Å². The Kier molecular flexibility index (Phi) is 13.0. The van der Waals surface area contributed by atoms with E-state index in [0.717, 1.165) is 12.6 Å². The molecule has 2 unspecified atom stereocenters. The maximum Gasteiger partial charge on any atom is 0.348 e. The second kappa shape index (κ2) is 12.6. The molecule has 1 nitrogen and oxygen atoms in total. The SMILES string of the molecule is CCCCCCCCCCCC[P+](=O)P. The predicted octanol–water partition coefficient (Wildman–Crippen LogP) is 5.52. The third-order valence-electron chi connectivity index (χ3n) is 2.73. The van der Waals surface area contributed by atoms with Crippen LogP contribution in [0.15, 0.2) is 0 Å². The monoisotopic (exact) mass is 249 g/mol. The summed E-state index contributed by atoms with van der Waals surface area (Å²) >= 11 is 0. The van der Waals surface area contributed by atoms with Crippen molar-refractivity contribution in [1.29, 1.82) is 0 Å². The number of rotatable bonds is 11. The van der Waals surface area contributed by atoms with Gasteiger partial charge in [-0.15, -0.1) is 0 Å². The average molecular weight is 249 g/mol. The van der Waals surface area contributed by atoms with Crippen molar-refractivity contribution in [2.24, 2.45) is 0 Å². The summed E-state index contributed by atoms with van der Waals surface area (Å²) in [6, 6.07) is 0. The van der Waals surface area contributed by atoms with Crippen molar-refractivity contribution in [3.8, 4) is 0 Å². The van der Waals surface area contributed by atoms with Crippen molar-refractivity contribution in [1.82, 2.24) is 0 Å². The second-order valence-electron chi connectivity index (χ2n) is 4.32. The van der Waals surface area contributed by atoms with E-state index in [1.807, 2.05) is 0 Å². The van der Waals surface area contributed by atoms with Crippen LogP contribution >= 0.6 is 16.4 Å². The average Bonchev–Trinajstić information content (AvgIpc) is 2.20. The van der Waals surface area contributed by atoms with E-state index in [-0.39, 0.29) is 0 Å². The molecule has 3 heteroatoms. The van der Waals surface area contributed by atoms with E-state index in [0.29, 0.717) is 0 Å². The minimum Gasteiger partial charge on any atom is -0.0729 e. The Hall–Kier alpha value is 0.530. The normalized spacial score (nSPS) is 11.7. The van der Waals surface area contributed by atoms with Crippen LogP contribution in [0.4, 0.5) is 0 Å². The lowest BCUT2D eigenvalue weighted by molar-refractivity contribution is 0.560. The molecular formula is C12H27OP2+. The molecule has 0 saturated carbocycles. The van der Waals surface area contributed by atoms with Crippen LogP contribution in [-0.4, -0.2) is 6.16 Å². The van der Waals surface area contributed by atoms with Crippen LogP contribution in [0.5, 0.6) is 0 Å². The molecule has 0 saturated heterocycles. The molecule has 0 spiro atoms. The molecule has 2 atom stereocenters. The largest absolute Gasteiger partial charge is 0.348 e. The molecule has 0 N–H and O–H groups in total. The second-order valence-corrected chi connectivity index (χ2v) is 7.33. The number of hydrogen-bond donors (Lipinski definition) is 0. The van der Waals surface area contributed by atoms with Gasteiger partial charge < -0.3 is 0 Å². The molecule has 0 fully saturated rings. The van der Waals surface area contributed by atoms with E-state index in [1.54, 1.807) is 0 Å². The van der Waals surface area contributed by atoms with Crippen molar-refractivity contribution in [3.05, 3.63) is 0 Å². The first kappa shape index (κ1) is 15.5. The molecule has 0 rings (SSSR count). The summed E-state index contributed by atoms with van der Waals surface area (Å²) in [6.07, 6.45) is 14.4. The molecule has 0 aromatic rings. The van der Waals surface area contributed by atoms with E-state index in [9.17, 15) is 4.57 Å². The smallest absolute Gasteiger partial charge is 0.0729 e. The number of unbranched alkanes of at least 4 members (excludes halogenated alkanes) is 9. The van der Waals surface area contributed by atoms with E-state index in [1.165, 1.54) is 57.8 Å². The Morgan fingerprint density at radius 3 is 1.60 bits per heavy atom. The Morgan fingerprint density at radius 1 is 0.800 bits per heavy atom. The van der Waals surface area contributed by atoms with Crippen LogP contribution in [0.2, 0.25) is 0 Å². The lowest BCUT2D eigenvalue weighted by Gasteiger charge is -2.00. The zero-order chi connectivity index (χ0) is 11.4. The lowest BCUT2D eigenvalue weighted by atomic mass is 10.1. The quantitative estimate of drug-likeness (QED) is 0.348. The summed E-state index contributed by atoms with van der Waals surface area (Å²) < 4.78 is 10.8. The molecular weight excluding hydrogens is 222 g/mol. The van der Waals surface area contributed by atoms with Crippen molar-refractivity contribution in [2.45, 2.75) is 71.1 Å². The Bertz CT molecular complexity index is 149. The molecule has 0 aliphatic heterocycles. The van der Waals surface area contributed by atoms with Crippen LogP contribution in [0.25, 0.3) is 0 Å². The van der Waals surface area contributed by atoms with E-state index in [4.69, 9.17) is 0 Å². The number of hydrogen-bond acceptors (Lipinski definition) is 1. The fourth-order valence-corrected chi connectivity index (χ4v) is 2.84. The van der Waals surface area contributed by atoms with E-state index in [2.05, 4.69) is 15.9 Å². The summed E-state index contributed by atoms with van der Waals surface area (Å²) in [5.74, 6) is 0. The minimum absolute atomic E-state index is 0.899. The van der Waals surface area contributed by atoms with Gasteiger partial charge in [0.25, 0.3) is 0 Å². The van der Waals surface area contributed by atoms with Gasteiger partial charge in [-0.05, 0) is 12.8 Å². The first-order chi connectivity index (χ1) is 7.27. The standard InChI is InChI=1S/C12H27OP2/c1-2-3-4-5-6-7-8-9-10-11-12-15(13)14/h2-12,14H2,1H3/q+1. The van der Waals surface area contributed by atoms with Crippen molar-refractivity contribution >= 4 is 16.4 Å². The Morgan fingerprint density at radius 2 is 1.20 bits per heavy atom. The van der Waals surface area contributed by atoms with Gasteiger partial charge in [0.15, 0.2) is 0 Å². The van der Waals surface area contributed by atoms with Crippen molar-refractivity contribution in [3.63, 3.8) is 0 Å². The summed E-state index contributed by atoms with van der Waals surface area (Å²) in [6.45, 7) is 2.26. The van der Waals surface area contributed by atoms with Gasteiger partial charge in [0.1, 0.15) is 15.1 Å². The van der Waals surface area contributed by atoms with Gasteiger partial charge in [0.05, 0.1) is 0 Å². The summed E-state index contributed by atoms with van der Waals surface area (Å²) in [7, 11) is 1.43. The molecule has 0 aliphatic rings. The molecule has 0 aromatic heterocycles. The topological polar surface area (TPSA) is 17.1 Å². The van der Waals surface area contributed by atoms with Crippen LogP contribution in [0.1, 0.15) is 71.1 Å². The van der Waals surface area contributed by atoms with Gasteiger partial charge in [-0.25, -0.2) is 0 Å². The fraction of sp³-hybridized carbons (Fsp3) is 1.00. The minimum atomic E-state index is -0.968. The fourth-order valence-electron chi connectivity index (χ4n) is 1.76. The van der Waals surface area contributed by atoms with Crippen LogP contribution in [0, 0.1) is 0 Å². The predicted molar refractivity (Wildman–Crippen MR) is 74.0 cm³/mol. The highest BCUT2D eigenvalue weighted by molar-refractivity contribution is 8.06. The van der Waals surface area contributed by atoms with Crippen LogP contribution < -0.4 is 0 Å². The third-order valence-corrected chi connectivity index (χ3v) is 4.26. The molecule has 15 heavy (non-hydrogen) atoms. The Labute approximate surface area is 98.7 Å². The first-order valence-electron chi connectivity index (χ1n) is 6.46. The summed E-state index contributed by atoms with van der Waals surface area (Å²) in [4.78, 5) is 0. The van der Waals surface area contributed by atoms with Crippen LogP contribution in [0.3, 0.4) is 0 Å². The van der Waals surface area contributed by atoms with Crippen molar-refractivity contribution in [2.75, 3.05) is 6.16 Å². The molecule has 0 heterocycles. The highest BCUT2D eigenvalue weighted by Crippen LogP contribution is 2.31. The molecule has 0 amide bonds. The summed E-state index contributed by atoms with van der Waals surface area (Å²) in [5.41, 5.74) is 0. The van der Waals surface area contributed by atoms with Gasteiger partial charge in [-0.3, -0.25) is 0 Å². The Balaban J connectivity index is 2.89. The van der Waals surface area contributed by atoms with E-state index >= 15 is 0 Å².